The fraction of sp³-hybridized carbons (Fsp3) is 0.556. The predicted molar refractivity (Wildman–Crippen MR) is 92.9 cm³/mol. The number of nitrogens with one attached hydrogen (secondary N) is 2. The summed E-state index contributed by atoms with van der Waals surface area (Å²) in [4.78, 5) is 12.1. The molecule has 6 heteroatoms. The van der Waals surface area contributed by atoms with Gasteiger partial charge < -0.3 is 10.1 Å². The van der Waals surface area contributed by atoms with Crippen LogP contribution in [-0.2, 0) is 11.3 Å². The second-order valence-corrected chi connectivity index (χ2v) is 6.32. The summed E-state index contributed by atoms with van der Waals surface area (Å²) in [6.07, 6.45) is 4.08. The van der Waals surface area contributed by atoms with Gasteiger partial charge in [0.05, 0.1) is 6.04 Å². The van der Waals surface area contributed by atoms with Crippen LogP contribution >= 0.6 is 0 Å². The summed E-state index contributed by atoms with van der Waals surface area (Å²) >= 11 is 0. The number of hydrogen-bond donors (Lipinski definition) is 2. The first kappa shape index (κ1) is 16.9. The molecule has 0 radical (unpaired) electrons. The minimum atomic E-state index is -0.144. The zero-order valence-electron chi connectivity index (χ0n) is 14.2. The van der Waals surface area contributed by atoms with Crippen LogP contribution in [0.15, 0.2) is 35.1 Å². The number of piperidine rings is 1. The first-order chi connectivity index (χ1) is 11.8. The lowest BCUT2D eigenvalue weighted by Gasteiger charge is -2.31. The molecule has 2 heterocycles. The zero-order valence-corrected chi connectivity index (χ0v) is 14.2. The van der Waals surface area contributed by atoms with E-state index in [1.54, 1.807) is 4.57 Å². The maximum atomic E-state index is 12.1. The highest BCUT2D eigenvalue weighted by molar-refractivity contribution is 5.19. The van der Waals surface area contributed by atoms with E-state index < -0.39 is 0 Å². The van der Waals surface area contributed by atoms with Crippen LogP contribution in [0.3, 0.4) is 0 Å². The van der Waals surface area contributed by atoms with Crippen molar-refractivity contribution in [2.24, 2.45) is 0 Å². The summed E-state index contributed by atoms with van der Waals surface area (Å²) in [6, 6.07) is 10.9. The number of ether oxygens (including phenoxy) is 1. The van der Waals surface area contributed by atoms with Crippen molar-refractivity contribution in [2.45, 2.75) is 51.3 Å². The number of unbranched alkanes of at least 4 members (excludes halogenated alkanes) is 1. The highest BCUT2D eigenvalue weighted by Gasteiger charge is 2.25. The van der Waals surface area contributed by atoms with Crippen LogP contribution in [0, 0.1) is 0 Å². The van der Waals surface area contributed by atoms with Crippen molar-refractivity contribution in [3.8, 4) is 0 Å². The SMILES string of the molecule is CCCCOCc1n[nH]c(=O)n1[C@H]1CC[C@@H](c2ccccc2)NC1. The van der Waals surface area contributed by atoms with Gasteiger partial charge in [-0.3, -0.25) is 4.57 Å². The lowest BCUT2D eigenvalue weighted by Crippen LogP contribution is -2.38. The molecule has 2 N–H and O–H groups in total. The third-order valence-electron chi connectivity index (χ3n) is 4.61. The van der Waals surface area contributed by atoms with Gasteiger partial charge in [-0.1, -0.05) is 43.7 Å². The molecular weight excluding hydrogens is 304 g/mol. The summed E-state index contributed by atoms with van der Waals surface area (Å²) < 4.78 is 7.40. The van der Waals surface area contributed by atoms with Gasteiger partial charge in [0.25, 0.3) is 0 Å². The normalized spacial score (nSPS) is 21.0. The van der Waals surface area contributed by atoms with E-state index in [4.69, 9.17) is 4.74 Å². The van der Waals surface area contributed by atoms with E-state index in [-0.39, 0.29) is 11.7 Å². The van der Waals surface area contributed by atoms with Crippen molar-refractivity contribution in [3.05, 3.63) is 52.2 Å². The van der Waals surface area contributed by atoms with Crippen LogP contribution in [0.5, 0.6) is 0 Å². The molecule has 2 atom stereocenters. The van der Waals surface area contributed by atoms with Crippen molar-refractivity contribution in [2.75, 3.05) is 13.2 Å². The second kappa shape index (κ2) is 8.26. The zero-order chi connectivity index (χ0) is 16.8. The third kappa shape index (κ3) is 3.94. The standard InChI is InChI=1S/C18H26N4O2/c1-2-3-11-24-13-17-20-21-18(23)22(17)15-9-10-16(19-12-15)14-7-5-4-6-8-14/h4-8,15-16,19H,2-3,9-13H2,1H3,(H,21,23)/t15-,16-/m0/s1. The Morgan fingerprint density at radius 3 is 2.83 bits per heavy atom. The maximum Gasteiger partial charge on any atom is 0.343 e. The van der Waals surface area contributed by atoms with Crippen LogP contribution < -0.4 is 11.0 Å². The summed E-state index contributed by atoms with van der Waals surface area (Å²) in [5.74, 6) is 0.695. The molecule has 0 bridgehead atoms. The summed E-state index contributed by atoms with van der Waals surface area (Å²) in [6.45, 7) is 3.99. The number of benzene rings is 1. The highest BCUT2D eigenvalue weighted by atomic mass is 16.5. The average molecular weight is 330 g/mol. The molecule has 0 saturated carbocycles. The van der Waals surface area contributed by atoms with Gasteiger partial charge in [0, 0.05) is 19.2 Å². The predicted octanol–water partition coefficient (Wildman–Crippen LogP) is 2.55. The van der Waals surface area contributed by atoms with E-state index in [1.165, 1.54) is 5.56 Å². The van der Waals surface area contributed by atoms with Crippen LogP contribution in [0.2, 0.25) is 0 Å². The molecule has 1 aromatic carbocycles. The molecule has 1 fully saturated rings. The van der Waals surface area contributed by atoms with Gasteiger partial charge in [-0.25, -0.2) is 9.89 Å². The molecule has 0 unspecified atom stereocenters. The van der Waals surface area contributed by atoms with Gasteiger partial charge >= 0.3 is 5.69 Å². The number of rotatable bonds is 7. The summed E-state index contributed by atoms with van der Waals surface area (Å²) in [7, 11) is 0. The number of aromatic nitrogens is 3. The Balaban J connectivity index is 1.62. The van der Waals surface area contributed by atoms with Crippen molar-refractivity contribution in [1.82, 2.24) is 20.1 Å². The van der Waals surface area contributed by atoms with E-state index >= 15 is 0 Å². The number of hydrogen-bond acceptors (Lipinski definition) is 4. The van der Waals surface area contributed by atoms with Gasteiger partial charge in [0.2, 0.25) is 0 Å². The van der Waals surface area contributed by atoms with Crippen LogP contribution in [0.4, 0.5) is 0 Å². The van der Waals surface area contributed by atoms with Crippen LogP contribution in [0.1, 0.15) is 56.1 Å². The summed E-state index contributed by atoms with van der Waals surface area (Å²) in [5, 5.41) is 10.3. The molecule has 6 nitrogen and oxygen atoms in total. The van der Waals surface area contributed by atoms with Gasteiger partial charge in [-0.05, 0) is 24.8 Å². The van der Waals surface area contributed by atoms with Crippen LogP contribution in [-0.4, -0.2) is 27.9 Å². The van der Waals surface area contributed by atoms with Gasteiger partial charge in [-0.2, -0.15) is 5.10 Å². The Morgan fingerprint density at radius 2 is 2.12 bits per heavy atom. The van der Waals surface area contributed by atoms with Crippen molar-refractivity contribution in [1.29, 1.82) is 0 Å². The molecule has 1 aromatic heterocycles. The molecule has 1 saturated heterocycles. The minimum Gasteiger partial charge on any atom is -0.373 e. The topological polar surface area (TPSA) is 71.9 Å². The number of aromatic amines is 1. The molecule has 2 aromatic rings. The number of H-pyrrole nitrogens is 1. The van der Waals surface area contributed by atoms with Crippen molar-refractivity contribution < 1.29 is 4.74 Å². The van der Waals surface area contributed by atoms with Gasteiger partial charge in [-0.15, -0.1) is 0 Å². The Labute approximate surface area is 142 Å². The van der Waals surface area contributed by atoms with E-state index in [0.717, 1.165) is 32.2 Å². The Kier molecular flexibility index (Phi) is 5.82. The Morgan fingerprint density at radius 1 is 1.29 bits per heavy atom. The van der Waals surface area contributed by atoms with Crippen molar-refractivity contribution in [3.63, 3.8) is 0 Å². The van der Waals surface area contributed by atoms with E-state index in [9.17, 15) is 4.79 Å². The summed E-state index contributed by atoms with van der Waals surface area (Å²) in [5.41, 5.74) is 1.16. The molecule has 1 aliphatic heterocycles. The van der Waals surface area contributed by atoms with Gasteiger partial charge in [0.15, 0.2) is 5.82 Å². The van der Waals surface area contributed by atoms with E-state index in [2.05, 4.69) is 46.7 Å². The molecule has 1 aliphatic rings. The van der Waals surface area contributed by atoms with E-state index in [0.29, 0.717) is 25.1 Å². The molecule has 3 rings (SSSR count). The first-order valence-corrected chi connectivity index (χ1v) is 8.81. The first-order valence-electron chi connectivity index (χ1n) is 8.81. The van der Waals surface area contributed by atoms with Crippen LogP contribution in [0.25, 0.3) is 0 Å². The Bertz CT molecular complexity index is 672. The molecule has 130 valence electrons. The fourth-order valence-corrected chi connectivity index (χ4v) is 3.26. The average Bonchev–Trinajstić information content (AvgIpc) is 3.00. The largest absolute Gasteiger partial charge is 0.373 e. The lowest BCUT2D eigenvalue weighted by molar-refractivity contribution is 0.107. The molecule has 0 aliphatic carbocycles. The molecule has 0 amide bonds. The minimum absolute atomic E-state index is 0.126. The van der Waals surface area contributed by atoms with Gasteiger partial charge in [0.1, 0.15) is 6.61 Å². The van der Waals surface area contributed by atoms with Crippen molar-refractivity contribution >= 4 is 0 Å². The molecular formula is C18H26N4O2. The third-order valence-corrected chi connectivity index (χ3v) is 4.61. The van der Waals surface area contributed by atoms with E-state index in [1.807, 2.05) is 6.07 Å². The highest BCUT2D eigenvalue weighted by Crippen LogP contribution is 2.27. The quantitative estimate of drug-likeness (QED) is 0.765. The lowest BCUT2D eigenvalue weighted by atomic mass is 9.95. The molecule has 24 heavy (non-hydrogen) atoms. The second-order valence-electron chi connectivity index (χ2n) is 6.32. The fourth-order valence-electron chi connectivity index (χ4n) is 3.26. The monoisotopic (exact) mass is 330 g/mol. The number of nitrogens with zero attached hydrogens (tertiary/aromatic N) is 2. The Hall–Kier alpha value is -1.92. The maximum absolute atomic E-state index is 12.1. The smallest absolute Gasteiger partial charge is 0.343 e. The molecule has 0 spiro atoms.